The first-order chi connectivity index (χ1) is 11.7. The summed E-state index contributed by atoms with van der Waals surface area (Å²) in [6.45, 7) is 3.31. The molecular weight excluding hydrogens is 318 g/mol. The highest BCUT2D eigenvalue weighted by Gasteiger charge is 2.02. The number of benzene rings is 3. The molecule has 0 aliphatic heterocycles. The molecule has 0 saturated carbocycles. The highest BCUT2D eigenvalue weighted by atomic mass is 35.5. The number of ether oxygens (including phenoxy) is 1. The van der Waals surface area contributed by atoms with E-state index >= 15 is 0 Å². The summed E-state index contributed by atoms with van der Waals surface area (Å²) in [5.74, 6) is 0.845. The molecule has 0 fully saturated rings. The Labute approximate surface area is 148 Å². The van der Waals surface area contributed by atoms with Crippen molar-refractivity contribution in [2.75, 3.05) is 5.32 Å². The lowest BCUT2D eigenvalue weighted by atomic mass is 10.2. The molecule has 0 radical (unpaired) electrons. The van der Waals surface area contributed by atoms with E-state index in [-0.39, 0.29) is 0 Å². The normalized spacial score (nSPS) is 10.4. The predicted molar refractivity (Wildman–Crippen MR) is 101 cm³/mol. The molecule has 0 amide bonds. The van der Waals surface area contributed by atoms with Gasteiger partial charge in [0.2, 0.25) is 0 Å². The molecule has 0 aliphatic carbocycles. The molecule has 0 aliphatic rings. The van der Waals surface area contributed by atoms with Gasteiger partial charge in [0.1, 0.15) is 12.4 Å². The van der Waals surface area contributed by atoms with Gasteiger partial charge < -0.3 is 10.1 Å². The monoisotopic (exact) mass is 337 g/mol. The van der Waals surface area contributed by atoms with Gasteiger partial charge in [-0.2, -0.15) is 0 Å². The molecule has 2 nitrogen and oxygen atoms in total. The maximum absolute atomic E-state index is 6.16. The number of halogens is 1. The zero-order valence-electron chi connectivity index (χ0n) is 13.6. The number of hydrogen-bond donors (Lipinski definition) is 1. The van der Waals surface area contributed by atoms with Crippen molar-refractivity contribution in [2.45, 2.75) is 20.1 Å². The summed E-state index contributed by atoms with van der Waals surface area (Å²) < 4.78 is 5.87. The SMILES string of the molecule is Cc1ccc(NCc2cccc(OCc3ccccc3Cl)c2)cc1. The van der Waals surface area contributed by atoms with E-state index in [1.807, 2.05) is 36.4 Å². The summed E-state index contributed by atoms with van der Waals surface area (Å²) in [6.07, 6.45) is 0. The van der Waals surface area contributed by atoms with Crippen molar-refractivity contribution in [2.24, 2.45) is 0 Å². The van der Waals surface area contributed by atoms with E-state index in [4.69, 9.17) is 16.3 Å². The van der Waals surface area contributed by atoms with Gasteiger partial charge in [-0.15, -0.1) is 0 Å². The number of nitrogens with one attached hydrogen (secondary N) is 1. The minimum Gasteiger partial charge on any atom is -0.489 e. The summed E-state index contributed by atoms with van der Waals surface area (Å²) >= 11 is 6.16. The molecule has 24 heavy (non-hydrogen) atoms. The maximum Gasteiger partial charge on any atom is 0.120 e. The number of aryl methyl sites for hydroxylation is 1. The van der Waals surface area contributed by atoms with Crippen LogP contribution in [0.25, 0.3) is 0 Å². The topological polar surface area (TPSA) is 21.3 Å². The van der Waals surface area contributed by atoms with Crippen LogP contribution >= 0.6 is 11.6 Å². The zero-order valence-corrected chi connectivity index (χ0v) is 14.4. The van der Waals surface area contributed by atoms with Crippen molar-refractivity contribution in [1.29, 1.82) is 0 Å². The molecule has 0 unspecified atom stereocenters. The van der Waals surface area contributed by atoms with Gasteiger partial charge >= 0.3 is 0 Å². The van der Waals surface area contributed by atoms with Crippen molar-refractivity contribution in [3.8, 4) is 5.75 Å². The summed E-state index contributed by atoms with van der Waals surface area (Å²) in [6, 6.07) is 24.2. The van der Waals surface area contributed by atoms with Crippen LogP contribution in [0.1, 0.15) is 16.7 Å². The van der Waals surface area contributed by atoms with Gasteiger partial charge in [0.05, 0.1) is 0 Å². The van der Waals surface area contributed by atoms with Crippen LogP contribution in [0, 0.1) is 6.92 Å². The van der Waals surface area contributed by atoms with Gasteiger partial charge in [-0.3, -0.25) is 0 Å². The Morgan fingerprint density at radius 3 is 2.50 bits per heavy atom. The average molecular weight is 338 g/mol. The summed E-state index contributed by atoms with van der Waals surface area (Å²) in [5.41, 5.74) is 4.54. The Morgan fingerprint density at radius 1 is 0.917 bits per heavy atom. The Balaban J connectivity index is 1.59. The standard InChI is InChI=1S/C21H20ClNO/c1-16-9-11-19(12-10-16)23-14-17-5-4-7-20(13-17)24-15-18-6-2-3-8-21(18)22/h2-13,23H,14-15H2,1H3. The largest absolute Gasteiger partial charge is 0.489 e. The average Bonchev–Trinajstić information content (AvgIpc) is 2.61. The Bertz CT molecular complexity index is 799. The van der Waals surface area contributed by atoms with E-state index in [0.717, 1.165) is 28.6 Å². The van der Waals surface area contributed by atoms with Gasteiger partial charge in [0.15, 0.2) is 0 Å². The van der Waals surface area contributed by atoms with Crippen molar-refractivity contribution in [3.63, 3.8) is 0 Å². The summed E-state index contributed by atoms with van der Waals surface area (Å²) in [7, 11) is 0. The summed E-state index contributed by atoms with van der Waals surface area (Å²) in [4.78, 5) is 0. The quantitative estimate of drug-likeness (QED) is 0.610. The molecule has 0 saturated heterocycles. The molecule has 122 valence electrons. The van der Waals surface area contributed by atoms with Gasteiger partial charge in [0.25, 0.3) is 0 Å². The second-order valence-electron chi connectivity index (χ2n) is 5.75. The highest BCUT2D eigenvalue weighted by molar-refractivity contribution is 6.31. The third-order valence-electron chi connectivity index (χ3n) is 3.80. The molecule has 0 bridgehead atoms. The van der Waals surface area contributed by atoms with Gasteiger partial charge in [-0.05, 0) is 42.8 Å². The lowest BCUT2D eigenvalue weighted by Crippen LogP contribution is -2.00. The molecule has 1 N–H and O–H groups in total. The fourth-order valence-electron chi connectivity index (χ4n) is 2.40. The first-order valence-corrected chi connectivity index (χ1v) is 8.34. The third-order valence-corrected chi connectivity index (χ3v) is 4.17. The molecule has 3 heteroatoms. The van der Waals surface area contributed by atoms with Crippen molar-refractivity contribution in [3.05, 3.63) is 94.5 Å². The van der Waals surface area contributed by atoms with E-state index in [0.29, 0.717) is 6.61 Å². The van der Waals surface area contributed by atoms with E-state index in [1.54, 1.807) is 0 Å². The van der Waals surface area contributed by atoms with E-state index in [9.17, 15) is 0 Å². The molecule has 3 rings (SSSR count). The minimum atomic E-state index is 0.467. The van der Waals surface area contributed by atoms with E-state index in [2.05, 4.69) is 48.6 Å². The summed E-state index contributed by atoms with van der Waals surface area (Å²) in [5, 5.41) is 4.15. The molecular formula is C21H20ClNO. The Kier molecular flexibility index (Phi) is 5.39. The molecule has 3 aromatic rings. The van der Waals surface area contributed by atoms with E-state index < -0.39 is 0 Å². The third kappa shape index (κ3) is 4.53. The second kappa shape index (κ2) is 7.89. The predicted octanol–water partition coefficient (Wildman–Crippen LogP) is 5.84. The van der Waals surface area contributed by atoms with Crippen LogP contribution in [-0.2, 0) is 13.2 Å². The lowest BCUT2D eigenvalue weighted by Gasteiger charge is -2.10. The van der Waals surface area contributed by atoms with Crippen LogP contribution < -0.4 is 10.1 Å². The number of rotatable bonds is 6. The van der Waals surface area contributed by atoms with Gasteiger partial charge in [-0.25, -0.2) is 0 Å². The van der Waals surface area contributed by atoms with Crippen LogP contribution in [0.15, 0.2) is 72.8 Å². The number of anilines is 1. The molecule has 3 aromatic carbocycles. The van der Waals surface area contributed by atoms with Crippen molar-refractivity contribution in [1.82, 2.24) is 0 Å². The minimum absolute atomic E-state index is 0.467. The maximum atomic E-state index is 6.16. The molecule has 0 atom stereocenters. The molecule has 0 heterocycles. The van der Waals surface area contributed by atoms with E-state index in [1.165, 1.54) is 11.1 Å². The van der Waals surface area contributed by atoms with Crippen LogP contribution in [-0.4, -0.2) is 0 Å². The molecule has 0 aromatic heterocycles. The smallest absolute Gasteiger partial charge is 0.120 e. The fourth-order valence-corrected chi connectivity index (χ4v) is 2.59. The first-order valence-electron chi connectivity index (χ1n) is 7.96. The van der Waals surface area contributed by atoms with Crippen LogP contribution in [0.2, 0.25) is 5.02 Å². The van der Waals surface area contributed by atoms with Crippen molar-refractivity contribution >= 4 is 17.3 Å². The molecule has 0 spiro atoms. The second-order valence-corrected chi connectivity index (χ2v) is 6.15. The highest BCUT2D eigenvalue weighted by Crippen LogP contribution is 2.20. The number of hydrogen-bond acceptors (Lipinski definition) is 2. The van der Waals surface area contributed by atoms with Crippen LogP contribution in [0.5, 0.6) is 5.75 Å². The van der Waals surface area contributed by atoms with Gasteiger partial charge in [0, 0.05) is 22.8 Å². The fraction of sp³-hybridized carbons (Fsp3) is 0.143. The lowest BCUT2D eigenvalue weighted by molar-refractivity contribution is 0.306. The van der Waals surface area contributed by atoms with Crippen molar-refractivity contribution < 1.29 is 4.74 Å². The van der Waals surface area contributed by atoms with Gasteiger partial charge in [-0.1, -0.05) is 59.6 Å². The first kappa shape index (κ1) is 16.4. The zero-order chi connectivity index (χ0) is 16.8. The van der Waals surface area contributed by atoms with Crippen LogP contribution in [0.4, 0.5) is 5.69 Å². The van der Waals surface area contributed by atoms with Crippen LogP contribution in [0.3, 0.4) is 0 Å². The Hall–Kier alpha value is -2.45. The Morgan fingerprint density at radius 2 is 1.71 bits per heavy atom.